The number of nitrogens with two attached hydrogens (primary N) is 1. The third-order valence-electron chi connectivity index (χ3n) is 3.73. The number of hydrogen-bond donors (Lipinski definition) is 1. The summed E-state index contributed by atoms with van der Waals surface area (Å²) in [5, 5.41) is 4.10. The summed E-state index contributed by atoms with van der Waals surface area (Å²) in [6, 6.07) is 10.9. The molecule has 7 nitrogen and oxygen atoms in total. The highest BCUT2D eigenvalue weighted by atomic mass is 32.2. The summed E-state index contributed by atoms with van der Waals surface area (Å²) in [7, 11) is -1.05. The van der Waals surface area contributed by atoms with Crippen LogP contribution in [-0.2, 0) is 10.0 Å². The van der Waals surface area contributed by atoms with Crippen LogP contribution in [0.25, 0.3) is 11.3 Å². The van der Waals surface area contributed by atoms with Gasteiger partial charge in [-0.05, 0) is 36.4 Å². The molecule has 0 spiro atoms. The predicted molar refractivity (Wildman–Crippen MR) is 94.2 cm³/mol. The summed E-state index contributed by atoms with van der Waals surface area (Å²) in [5.74, 6) is 0.411. The van der Waals surface area contributed by atoms with Crippen molar-refractivity contribution in [3.05, 3.63) is 54.3 Å². The molecule has 0 saturated carbocycles. The minimum Gasteiger partial charge on any atom is -0.497 e. The number of halogens is 1. The number of anilines is 1. The molecular weight excluding hydrogens is 361 g/mol. The van der Waals surface area contributed by atoms with E-state index in [1.807, 2.05) is 0 Å². The summed E-state index contributed by atoms with van der Waals surface area (Å²) in [6.07, 6.45) is 0. The van der Waals surface area contributed by atoms with Crippen LogP contribution >= 0.6 is 0 Å². The fourth-order valence-electron chi connectivity index (χ4n) is 2.42. The molecule has 9 heteroatoms. The summed E-state index contributed by atoms with van der Waals surface area (Å²) in [4.78, 5) is -0.123. The van der Waals surface area contributed by atoms with E-state index in [1.165, 1.54) is 20.3 Å². The lowest BCUT2D eigenvalue weighted by molar-refractivity contribution is 0.395. The third kappa shape index (κ3) is 3.08. The molecule has 0 atom stereocenters. The Morgan fingerprint density at radius 3 is 2.35 bits per heavy atom. The largest absolute Gasteiger partial charge is 0.497 e. The quantitative estimate of drug-likeness (QED) is 0.734. The van der Waals surface area contributed by atoms with Crippen LogP contribution in [0.15, 0.2) is 53.4 Å². The van der Waals surface area contributed by atoms with E-state index in [0.29, 0.717) is 26.8 Å². The third-order valence-corrected chi connectivity index (χ3v) is 5.34. The molecule has 3 rings (SSSR count). The molecule has 0 aliphatic carbocycles. The highest BCUT2D eigenvalue weighted by molar-refractivity contribution is 7.90. The highest BCUT2D eigenvalue weighted by Crippen LogP contribution is 2.34. The summed E-state index contributed by atoms with van der Waals surface area (Å²) < 4.78 is 49.6. The number of hydrogen-bond acceptors (Lipinski definition) is 6. The van der Waals surface area contributed by atoms with Crippen molar-refractivity contribution in [3.63, 3.8) is 0 Å². The predicted octanol–water partition coefficient (Wildman–Crippen LogP) is 2.53. The second kappa shape index (κ2) is 6.68. The highest BCUT2D eigenvalue weighted by Gasteiger charge is 2.23. The minimum absolute atomic E-state index is 0.0813. The molecule has 1 aromatic heterocycles. The Bertz CT molecular complexity index is 1050. The zero-order chi connectivity index (χ0) is 18.9. The van der Waals surface area contributed by atoms with Gasteiger partial charge in [-0.2, -0.15) is 13.5 Å². The summed E-state index contributed by atoms with van der Waals surface area (Å²) in [6.45, 7) is 0. The zero-order valence-electron chi connectivity index (χ0n) is 14.0. The van der Waals surface area contributed by atoms with E-state index in [2.05, 4.69) is 5.10 Å². The van der Waals surface area contributed by atoms with Crippen molar-refractivity contribution in [2.75, 3.05) is 20.0 Å². The van der Waals surface area contributed by atoms with Gasteiger partial charge in [-0.25, -0.2) is 4.39 Å². The van der Waals surface area contributed by atoms with Crippen molar-refractivity contribution in [2.45, 2.75) is 4.90 Å². The van der Waals surface area contributed by atoms with E-state index in [-0.39, 0.29) is 10.7 Å². The van der Waals surface area contributed by atoms with Gasteiger partial charge in [0.2, 0.25) is 0 Å². The average molecular weight is 377 g/mol. The normalized spacial score (nSPS) is 11.3. The molecule has 0 unspecified atom stereocenters. The maximum absolute atomic E-state index is 13.1. The first-order valence-electron chi connectivity index (χ1n) is 7.46. The van der Waals surface area contributed by atoms with Crippen molar-refractivity contribution >= 4 is 15.8 Å². The van der Waals surface area contributed by atoms with E-state index in [1.54, 1.807) is 18.2 Å². The van der Waals surface area contributed by atoms with Gasteiger partial charge in [-0.1, -0.05) is 0 Å². The fourth-order valence-corrected chi connectivity index (χ4v) is 3.63. The zero-order valence-corrected chi connectivity index (χ0v) is 14.8. The van der Waals surface area contributed by atoms with Gasteiger partial charge in [0.25, 0.3) is 10.0 Å². The lowest BCUT2D eigenvalue weighted by Crippen LogP contribution is -2.16. The molecule has 0 fully saturated rings. The molecule has 3 aromatic rings. The Kier molecular flexibility index (Phi) is 4.56. The van der Waals surface area contributed by atoms with Crippen molar-refractivity contribution < 1.29 is 22.3 Å². The van der Waals surface area contributed by atoms with E-state index >= 15 is 0 Å². The molecule has 0 radical (unpaired) electrons. The number of ether oxygens (including phenoxy) is 2. The number of nitrogen functional groups attached to an aromatic ring is 1. The van der Waals surface area contributed by atoms with Crippen LogP contribution in [0.1, 0.15) is 0 Å². The second-order valence-corrected chi connectivity index (χ2v) is 7.09. The van der Waals surface area contributed by atoms with Crippen molar-refractivity contribution in [2.24, 2.45) is 0 Å². The van der Waals surface area contributed by atoms with Gasteiger partial charge >= 0.3 is 0 Å². The van der Waals surface area contributed by atoms with Crippen LogP contribution in [0.3, 0.4) is 0 Å². The Morgan fingerprint density at radius 2 is 1.73 bits per heavy atom. The number of rotatable bonds is 5. The molecule has 1 heterocycles. The van der Waals surface area contributed by atoms with E-state index in [4.69, 9.17) is 15.2 Å². The number of nitrogens with zero attached hydrogens (tertiary/aromatic N) is 2. The smallest absolute Gasteiger partial charge is 0.284 e. The van der Waals surface area contributed by atoms with Gasteiger partial charge in [0.1, 0.15) is 23.1 Å². The molecule has 0 aliphatic heterocycles. The van der Waals surface area contributed by atoms with Crippen LogP contribution in [0, 0.1) is 5.82 Å². The molecule has 26 heavy (non-hydrogen) atoms. The lowest BCUT2D eigenvalue weighted by atomic mass is 10.1. The van der Waals surface area contributed by atoms with E-state index in [9.17, 15) is 12.8 Å². The molecule has 0 bridgehead atoms. The number of methoxy groups -OCH3 is 2. The first kappa shape index (κ1) is 17.7. The second-order valence-electron chi connectivity index (χ2n) is 5.32. The topological polar surface area (TPSA) is 96.4 Å². The van der Waals surface area contributed by atoms with Gasteiger partial charge in [-0.3, -0.25) is 0 Å². The Hall–Kier alpha value is -3.07. The van der Waals surface area contributed by atoms with Gasteiger partial charge in [0, 0.05) is 17.7 Å². The Morgan fingerprint density at radius 1 is 1.04 bits per heavy atom. The molecule has 2 N–H and O–H groups in total. The maximum atomic E-state index is 13.1. The van der Waals surface area contributed by atoms with Crippen molar-refractivity contribution in [1.82, 2.24) is 9.19 Å². The van der Waals surface area contributed by atoms with Crippen LogP contribution in [-0.4, -0.2) is 31.8 Å². The van der Waals surface area contributed by atoms with Crippen LogP contribution in [0.2, 0.25) is 0 Å². The standard InChI is InChI=1S/C17H16FN3O4S/c1-24-12-5-8-14(16(9-12)25-2)15-10-17(19)21(20-15)26(22,23)13-6-3-11(18)4-7-13/h3-10H,19H2,1-2H3. The van der Waals surface area contributed by atoms with Gasteiger partial charge in [-0.15, -0.1) is 4.09 Å². The van der Waals surface area contributed by atoms with Crippen molar-refractivity contribution in [1.29, 1.82) is 0 Å². The SMILES string of the molecule is COc1ccc(-c2cc(N)n(S(=O)(=O)c3ccc(F)cc3)n2)c(OC)c1. The minimum atomic E-state index is -4.06. The first-order chi connectivity index (χ1) is 12.4. The molecule has 0 amide bonds. The molecule has 136 valence electrons. The monoisotopic (exact) mass is 377 g/mol. The number of benzene rings is 2. The van der Waals surface area contributed by atoms with Gasteiger partial charge < -0.3 is 15.2 Å². The first-order valence-corrected chi connectivity index (χ1v) is 8.90. The fraction of sp³-hybridized carbons (Fsp3) is 0.118. The van der Waals surface area contributed by atoms with E-state index < -0.39 is 15.8 Å². The Balaban J connectivity index is 2.09. The maximum Gasteiger partial charge on any atom is 0.284 e. The average Bonchev–Trinajstić information content (AvgIpc) is 3.03. The molecule has 0 saturated heterocycles. The van der Waals surface area contributed by atoms with Crippen LogP contribution in [0.4, 0.5) is 10.2 Å². The molecule has 0 aliphatic rings. The van der Waals surface area contributed by atoms with Gasteiger partial charge in [0.15, 0.2) is 0 Å². The Labute approximate surface area is 149 Å². The summed E-state index contributed by atoms with van der Waals surface area (Å²) >= 11 is 0. The van der Waals surface area contributed by atoms with Crippen LogP contribution in [0.5, 0.6) is 11.5 Å². The van der Waals surface area contributed by atoms with Gasteiger partial charge in [0.05, 0.1) is 24.8 Å². The van der Waals surface area contributed by atoms with E-state index in [0.717, 1.165) is 24.3 Å². The van der Waals surface area contributed by atoms with Crippen LogP contribution < -0.4 is 15.2 Å². The molecule has 2 aromatic carbocycles. The van der Waals surface area contributed by atoms with Crippen molar-refractivity contribution in [3.8, 4) is 22.8 Å². The number of aromatic nitrogens is 2. The summed E-state index contributed by atoms with van der Waals surface area (Å²) in [5.41, 5.74) is 6.72. The molecular formula is C17H16FN3O4S. The lowest BCUT2D eigenvalue weighted by Gasteiger charge is -2.08.